The van der Waals surface area contributed by atoms with E-state index in [4.69, 9.17) is 10.00 Å². The van der Waals surface area contributed by atoms with Crippen molar-refractivity contribution >= 4 is 39.6 Å². The summed E-state index contributed by atoms with van der Waals surface area (Å²) in [4.78, 5) is 23.9. The molecule has 0 aliphatic carbocycles. The Morgan fingerprint density at radius 1 is 1.24 bits per heavy atom. The van der Waals surface area contributed by atoms with Crippen molar-refractivity contribution in [2.75, 3.05) is 5.32 Å². The van der Waals surface area contributed by atoms with Gasteiger partial charge in [-0.3, -0.25) is 4.79 Å². The molecule has 25 heavy (non-hydrogen) atoms. The second-order valence-corrected chi connectivity index (χ2v) is 6.03. The van der Waals surface area contributed by atoms with Gasteiger partial charge in [0.25, 0.3) is 5.91 Å². The molecule has 126 valence electrons. The van der Waals surface area contributed by atoms with Crippen molar-refractivity contribution in [1.29, 1.82) is 5.26 Å². The number of nitrogens with one attached hydrogen (secondary N) is 1. The van der Waals surface area contributed by atoms with E-state index in [-0.39, 0.29) is 0 Å². The molecule has 6 heteroatoms. The van der Waals surface area contributed by atoms with Gasteiger partial charge in [-0.25, -0.2) is 4.79 Å². The maximum Gasteiger partial charge on any atom is 0.331 e. The van der Waals surface area contributed by atoms with Crippen LogP contribution < -0.4 is 5.32 Å². The average molecular weight is 399 g/mol. The number of hydrogen-bond donors (Lipinski definition) is 1. The van der Waals surface area contributed by atoms with Gasteiger partial charge < -0.3 is 10.1 Å². The Morgan fingerprint density at radius 2 is 2.00 bits per heavy atom. The maximum absolute atomic E-state index is 12.1. The average Bonchev–Trinajstić information content (AvgIpc) is 2.60. The summed E-state index contributed by atoms with van der Waals surface area (Å²) in [5, 5.41) is 11.6. The van der Waals surface area contributed by atoms with Crippen LogP contribution in [0.2, 0.25) is 0 Å². The van der Waals surface area contributed by atoms with E-state index in [0.717, 1.165) is 10.0 Å². The lowest BCUT2D eigenvalue weighted by Gasteiger charge is -2.13. The molecule has 2 aromatic carbocycles. The number of halogens is 1. The number of anilines is 1. The van der Waals surface area contributed by atoms with Crippen molar-refractivity contribution in [3.8, 4) is 6.07 Å². The lowest BCUT2D eigenvalue weighted by molar-refractivity contribution is -0.148. The first-order valence-electron chi connectivity index (χ1n) is 7.44. The first kappa shape index (κ1) is 18.4. The third-order valence-corrected chi connectivity index (χ3v) is 3.72. The lowest BCUT2D eigenvalue weighted by Crippen LogP contribution is -2.29. The Morgan fingerprint density at radius 3 is 2.72 bits per heavy atom. The number of nitriles is 1. The van der Waals surface area contributed by atoms with Crippen LogP contribution in [0.25, 0.3) is 6.08 Å². The third kappa shape index (κ3) is 5.59. The molecule has 1 amide bonds. The minimum atomic E-state index is -0.994. The summed E-state index contributed by atoms with van der Waals surface area (Å²) in [6.07, 6.45) is 1.86. The van der Waals surface area contributed by atoms with Gasteiger partial charge in [0.2, 0.25) is 0 Å². The number of carbonyl (C=O) groups excluding carboxylic acids is 2. The highest BCUT2D eigenvalue weighted by atomic mass is 79.9. The van der Waals surface area contributed by atoms with Crippen LogP contribution in [0.1, 0.15) is 18.1 Å². The fraction of sp³-hybridized carbons (Fsp3) is 0.105. The lowest BCUT2D eigenvalue weighted by atomic mass is 10.2. The van der Waals surface area contributed by atoms with E-state index in [1.54, 1.807) is 30.3 Å². The molecule has 0 aliphatic heterocycles. The summed E-state index contributed by atoms with van der Waals surface area (Å²) in [7, 11) is 0. The summed E-state index contributed by atoms with van der Waals surface area (Å²) >= 11 is 3.35. The number of rotatable bonds is 5. The van der Waals surface area contributed by atoms with Crippen LogP contribution in [-0.2, 0) is 14.3 Å². The van der Waals surface area contributed by atoms with Gasteiger partial charge in [-0.1, -0.05) is 40.2 Å². The summed E-state index contributed by atoms with van der Waals surface area (Å²) < 4.78 is 5.97. The highest BCUT2D eigenvalue weighted by Gasteiger charge is 2.17. The molecule has 0 saturated heterocycles. The molecule has 0 bridgehead atoms. The van der Waals surface area contributed by atoms with Crippen LogP contribution >= 0.6 is 15.9 Å². The van der Waals surface area contributed by atoms with E-state index in [0.29, 0.717) is 11.3 Å². The number of hydrogen-bond acceptors (Lipinski definition) is 4. The van der Waals surface area contributed by atoms with Crippen LogP contribution in [0.4, 0.5) is 5.69 Å². The molecule has 0 spiro atoms. The summed E-state index contributed by atoms with van der Waals surface area (Å²) in [6.45, 7) is 1.47. The molecule has 2 rings (SSSR count). The fourth-order valence-electron chi connectivity index (χ4n) is 1.97. The Kier molecular flexibility index (Phi) is 6.49. The number of carbonyl (C=O) groups is 2. The standard InChI is InChI=1S/C19H15BrN2O3/c1-13(19(24)22-17-8-3-2-6-15(17)12-21)25-18(23)10-9-14-5-4-7-16(20)11-14/h2-11,13H,1H3,(H,22,24)/b10-9+/t13-/m1/s1. The van der Waals surface area contributed by atoms with E-state index >= 15 is 0 Å². The number of nitrogens with zero attached hydrogens (tertiary/aromatic N) is 1. The smallest absolute Gasteiger partial charge is 0.331 e. The first-order chi connectivity index (χ1) is 12.0. The minimum absolute atomic E-state index is 0.337. The normalized spacial score (nSPS) is 11.6. The van der Waals surface area contributed by atoms with E-state index in [9.17, 15) is 9.59 Å². The zero-order valence-corrected chi connectivity index (χ0v) is 15.0. The van der Waals surface area contributed by atoms with Crippen molar-refractivity contribution in [2.24, 2.45) is 0 Å². The monoisotopic (exact) mass is 398 g/mol. The van der Waals surface area contributed by atoms with E-state index < -0.39 is 18.0 Å². The third-order valence-electron chi connectivity index (χ3n) is 3.23. The second-order valence-electron chi connectivity index (χ2n) is 5.11. The molecule has 0 aliphatic rings. The highest BCUT2D eigenvalue weighted by molar-refractivity contribution is 9.10. The van der Waals surface area contributed by atoms with Crippen molar-refractivity contribution < 1.29 is 14.3 Å². The largest absolute Gasteiger partial charge is 0.449 e. The van der Waals surface area contributed by atoms with Crippen molar-refractivity contribution in [1.82, 2.24) is 0 Å². The number of ether oxygens (including phenoxy) is 1. The van der Waals surface area contributed by atoms with Crippen molar-refractivity contribution in [3.63, 3.8) is 0 Å². The molecule has 0 radical (unpaired) electrons. The Hall–Kier alpha value is -2.91. The van der Waals surface area contributed by atoms with Gasteiger partial charge in [0.05, 0.1) is 11.3 Å². The zero-order chi connectivity index (χ0) is 18.2. The van der Waals surface area contributed by atoms with Crippen LogP contribution in [0.5, 0.6) is 0 Å². The minimum Gasteiger partial charge on any atom is -0.449 e. The molecule has 5 nitrogen and oxygen atoms in total. The predicted octanol–water partition coefficient (Wildman–Crippen LogP) is 3.90. The number of esters is 1. The molecule has 0 saturated carbocycles. The molecule has 2 aromatic rings. The summed E-state index contributed by atoms with van der Waals surface area (Å²) in [5.41, 5.74) is 1.54. The van der Waals surface area contributed by atoms with Crippen molar-refractivity contribution in [2.45, 2.75) is 13.0 Å². The molecular weight excluding hydrogens is 384 g/mol. The Labute approximate surface area is 154 Å². The Bertz CT molecular complexity index is 856. The van der Waals surface area contributed by atoms with Crippen LogP contribution in [0.3, 0.4) is 0 Å². The molecular formula is C19H15BrN2O3. The molecule has 0 heterocycles. The van der Waals surface area contributed by atoms with Gasteiger partial charge in [-0.2, -0.15) is 5.26 Å². The maximum atomic E-state index is 12.1. The zero-order valence-electron chi connectivity index (χ0n) is 13.4. The van der Waals surface area contributed by atoms with Crippen LogP contribution in [0, 0.1) is 11.3 Å². The second kappa shape index (κ2) is 8.81. The van der Waals surface area contributed by atoms with E-state index in [1.807, 2.05) is 30.3 Å². The number of para-hydroxylation sites is 1. The van der Waals surface area contributed by atoms with Crippen LogP contribution in [-0.4, -0.2) is 18.0 Å². The molecule has 0 unspecified atom stereocenters. The topological polar surface area (TPSA) is 79.2 Å². The first-order valence-corrected chi connectivity index (χ1v) is 8.23. The fourth-order valence-corrected chi connectivity index (χ4v) is 2.38. The molecule has 1 atom stereocenters. The van der Waals surface area contributed by atoms with Gasteiger partial charge in [-0.15, -0.1) is 0 Å². The van der Waals surface area contributed by atoms with E-state index in [2.05, 4.69) is 21.2 Å². The van der Waals surface area contributed by atoms with Gasteiger partial charge >= 0.3 is 5.97 Å². The predicted molar refractivity (Wildman–Crippen MR) is 98.5 cm³/mol. The van der Waals surface area contributed by atoms with Gasteiger partial charge in [0.15, 0.2) is 6.10 Å². The van der Waals surface area contributed by atoms with Gasteiger partial charge in [0, 0.05) is 10.5 Å². The number of benzene rings is 2. The van der Waals surface area contributed by atoms with Gasteiger partial charge in [-0.05, 0) is 42.8 Å². The molecule has 1 N–H and O–H groups in total. The quantitative estimate of drug-likeness (QED) is 0.611. The number of amides is 1. The SMILES string of the molecule is C[C@@H](OC(=O)/C=C/c1cccc(Br)c1)C(=O)Nc1ccccc1C#N. The Balaban J connectivity index is 1.94. The highest BCUT2D eigenvalue weighted by Crippen LogP contribution is 2.15. The van der Waals surface area contributed by atoms with E-state index in [1.165, 1.54) is 13.0 Å². The van der Waals surface area contributed by atoms with Gasteiger partial charge in [0.1, 0.15) is 6.07 Å². The molecule has 0 aromatic heterocycles. The molecule has 0 fully saturated rings. The summed E-state index contributed by atoms with van der Waals surface area (Å²) in [5.74, 6) is -1.14. The van der Waals surface area contributed by atoms with Crippen molar-refractivity contribution in [3.05, 3.63) is 70.2 Å². The van der Waals surface area contributed by atoms with Crippen LogP contribution in [0.15, 0.2) is 59.1 Å². The summed E-state index contributed by atoms with van der Waals surface area (Å²) in [6, 6.07) is 16.0.